The highest BCUT2D eigenvalue weighted by atomic mass is 32.2. The van der Waals surface area contributed by atoms with Crippen LogP contribution >= 0.6 is 11.8 Å². The van der Waals surface area contributed by atoms with Gasteiger partial charge in [0.25, 0.3) is 0 Å². The Hall–Kier alpha value is -1.00. The van der Waals surface area contributed by atoms with Gasteiger partial charge in [0.05, 0.1) is 5.25 Å². The highest BCUT2D eigenvalue weighted by molar-refractivity contribution is 8.00. The van der Waals surface area contributed by atoms with Crippen LogP contribution in [0, 0.1) is 0 Å². The molecule has 3 nitrogen and oxygen atoms in total. The molecular formula is C15H24N2OS. The Morgan fingerprint density at radius 1 is 1.26 bits per heavy atom. The lowest BCUT2D eigenvalue weighted by Gasteiger charge is -2.17. The first kappa shape index (κ1) is 16.1. The minimum atomic E-state index is -0.0490. The summed E-state index contributed by atoms with van der Waals surface area (Å²) in [6, 6.07) is 8.80. The molecule has 19 heavy (non-hydrogen) atoms. The molecule has 1 rings (SSSR count). The summed E-state index contributed by atoms with van der Waals surface area (Å²) < 4.78 is 0. The Morgan fingerprint density at radius 3 is 2.32 bits per heavy atom. The average Bonchev–Trinajstić information content (AvgIpc) is 2.38. The molecule has 0 radical (unpaired) electrons. The van der Waals surface area contributed by atoms with Crippen LogP contribution in [0.3, 0.4) is 0 Å². The van der Waals surface area contributed by atoms with E-state index >= 15 is 0 Å². The van der Waals surface area contributed by atoms with Crippen LogP contribution in [0.25, 0.3) is 0 Å². The van der Waals surface area contributed by atoms with Crippen molar-refractivity contribution in [3.63, 3.8) is 0 Å². The Bertz CT molecular complexity index is 403. The summed E-state index contributed by atoms with van der Waals surface area (Å²) in [6.07, 6.45) is 0. The van der Waals surface area contributed by atoms with Crippen LogP contribution in [0.1, 0.15) is 32.4 Å². The lowest BCUT2D eigenvalue weighted by Crippen LogP contribution is -2.29. The number of carbonyl (C=O) groups excluding carboxylic acids is 1. The number of nitrogens with one attached hydrogen (secondary N) is 1. The third-order valence-corrected chi connectivity index (χ3v) is 4.09. The zero-order chi connectivity index (χ0) is 14.4. The first-order valence-electron chi connectivity index (χ1n) is 6.66. The molecule has 0 aromatic heterocycles. The van der Waals surface area contributed by atoms with Gasteiger partial charge in [-0.25, -0.2) is 0 Å². The van der Waals surface area contributed by atoms with Gasteiger partial charge in [0.2, 0.25) is 5.91 Å². The van der Waals surface area contributed by atoms with Gasteiger partial charge in [0.1, 0.15) is 0 Å². The van der Waals surface area contributed by atoms with E-state index in [-0.39, 0.29) is 11.2 Å². The third-order valence-electron chi connectivity index (χ3n) is 2.99. The zero-order valence-corrected chi connectivity index (χ0v) is 13.3. The molecule has 1 aromatic rings. The molecule has 0 saturated heterocycles. The molecule has 2 atom stereocenters. The molecule has 0 aliphatic carbocycles. The van der Waals surface area contributed by atoms with E-state index in [1.807, 2.05) is 6.92 Å². The average molecular weight is 280 g/mol. The SMILES string of the molecule is CCNC(C)c1ccc(SC(C)C(=O)N(C)C)cc1. The second kappa shape index (κ2) is 7.56. The number of thioether (sulfide) groups is 1. The van der Waals surface area contributed by atoms with Crippen LogP contribution in [0.4, 0.5) is 0 Å². The molecule has 0 saturated carbocycles. The minimum Gasteiger partial charge on any atom is -0.348 e. The molecule has 2 unspecified atom stereocenters. The number of hydrogen-bond donors (Lipinski definition) is 1. The van der Waals surface area contributed by atoms with Gasteiger partial charge < -0.3 is 10.2 Å². The van der Waals surface area contributed by atoms with Crippen LogP contribution in [-0.2, 0) is 4.79 Å². The molecule has 1 N–H and O–H groups in total. The van der Waals surface area contributed by atoms with Crippen LogP contribution < -0.4 is 5.32 Å². The van der Waals surface area contributed by atoms with E-state index < -0.39 is 0 Å². The van der Waals surface area contributed by atoms with E-state index in [0.717, 1.165) is 11.4 Å². The van der Waals surface area contributed by atoms with E-state index in [0.29, 0.717) is 6.04 Å². The fourth-order valence-corrected chi connectivity index (χ4v) is 2.89. The monoisotopic (exact) mass is 280 g/mol. The molecular weight excluding hydrogens is 256 g/mol. The third kappa shape index (κ3) is 4.88. The van der Waals surface area contributed by atoms with E-state index in [1.54, 1.807) is 30.8 Å². The van der Waals surface area contributed by atoms with Crippen molar-refractivity contribution < 1.29 is 4.79 Å². The van der Waals surface area contributed by atoms with Gasteiger partial charge in [-0.3, -0.25) is 4.79 Å². The number of benzene rings is 1. The second-order valence-electron chi connectivity index (χ2n) is 4.84. The van der Waals surface area contributed by atoms with Crippen molar-refractivity contribution in [2.45, 2.75) is 37.0 Å². The van der Waals surface area contributed by atoms with Crippen molar-refractivity contribution in [1.82, 2.24) is 10.2 Å². The molecule has 0 fully saturated rings. The summed E-state index contributed by atoms with van der Waals surface area (Å²) in [4.78, 5) is 14.6. The summed E-state index contributed by atoms with van der Waals surface area (Å²) in [5, 5.41) is 3.34. The van der Waals surface area contributed by atoms with Gasteiger partial charge in [-0.1, -0.05) is 19.1 Å². The summed E-state index contributed by atoms with van der Waals surface area (Å²) in [6.45, 7) is 7.17. The number of hydrogen-bond acceptors (Lipinski definition) is 3. The van der Waals surface area contributed by atoms with Crippen LogP contribution in [0.2, 0.25) is 0 Å². The highest BCUT2D eigenvalue weighted by Gasteiger charge is 2.16. The molecule has 0 spiro atoms. The molecule has 0 aliphatic rings. The maximum atomic E-state index is 11.8. The van der Waals surface area contributed by atoms with Crippen LogP contribution in [0.15, 0.2) is 29.2 Å². The number of rotatable bonds is 6. The summed E-state index contributed by atoms with van der Waals surface area (Å²) in [5.41, 5.74) is 1.28. The van der Waals surface area contributed by atoms with Gasteiger partial charge in [-0.15, -0.1) is 11.8 Å². The van der Waals surface area contributed by atoms with Crippen molar-refractivity contribution in [1.29, 1.82) is 0 Å². The van der Waals surface area contributed by atoms with Gasteiger partial charge in [0, 0.05) is 25.0 Å². The molecule has 4 heteroatoms. The van der Waals surface area contributed by atoms with Crippen molar-refractivity contribution in [3.05, 3.63) is 29.8 Å². The van der Waals surface area contributed by atoms with Crippen LogP contribution in [-0.4, -0.2) is 36.7 Å². The fraction of sp³-hybridized carbons (Fsp3) is 0.533. The summed E-state index contributed by atoms with van der Waals surface area (Å²) in [7, 11) is 3.58. The molecule has 0 bridgehead atoms. The maximum absolute atomic E-state index is 11.8. The van der Waals surface area contributed by atoms with Gasteiger partial charge >= 0.3 is 0 Å². The Labute approximate surface area is 120 Å². The normalized spacial score (nSPS) is 13.9. The Kier molecular flexibility index (Phi) is 6.38. The molecule has 1 amide bonds. The van der Waals surface area contributed by atoms with Crippen molar-refractivity contribution in [3.8, 4) is 0 Å². The van der Waals surface area contributed by atoms with Crippen LogP contribution in [0.5, 0.6) is 0 Å². The minimum absolute atomic E-state index is 0.0490. The largest absolute Gasteiger partial charge is 0.348 e. The lowest BCUT2D eigenvalue weighted by atomic mass is 10.1. The van der Waals surface area contributed by atoms with E-state index in [4.69, 9.17) is 0 Å². The quantitative estimate of drug-likeness (QED) is 0.813. The van der Waals surface area contributed by atoms with E-state index in [9.17, 15) is 4.79 Å². The van der Waals surface area contributed by atoms with Gasteiger partial charge in [0.15, 0.2) is 0 Å². The Balaban J connectivity index is 2.64. The number of nitrogens with zero attached hydrogens (tertiary/aromatic N) is 1. The lowest BCUT2D eigenvalue weighted by molar-refractivity contribution is -0.127. The van der Waals surface area contributed by atoms with Crippen molar-refractivity contribution in [2.24, 2.45) is 0 Å². The van der Waals surface area contributed by atoms with E-state index in [2.05, 4.69) is 43.4 Å². The number of carbonyl (C=O) groups is 1. The molecule has 0 aliphatic heterocycles. The first-order valence-corrected chi connectivity index (χ1v) is 7.54. The smallest absolute Gasteiger partial charge is 0.235 e. The highest BCUT2D eigenvalue weighted by Crippen LogP contribution is 2.25. The van der Waals surface area contributed by atoms with E-state index in [1.165, 1.54) is 5.56 Å². The predicted molar refractivity (Wildman–Crippen MR) is 82.5 cm³/mol. The first-order chi connectivity index (χ1) is 8.95. The zero-order valence-electron chi connectivity index (χ0n) is 12.4. The summed E-state index contributed by atoms with van der Waals surface area (Å²) in [5.74, 6) is 0.148. The second-order valence-corrected chi connectivity index (χ2v) is 6.26. The number of amides is 1. The molecule has 1 aromatic carbocycles. The molecule has 0 heterocycles. The molecule has 106 valence electrons. The fourth-order valence-electron chi connectivity index (χ4n) is 1.88. The predicted octanol–water partition coefficient (Wildman–Crippen LogP) is 2.93. The summed E-state index contributed by atoms with van der Waals surface area (Å²) >= 11 is 1.60. The standard InChI is InChI=1S/C15H24N2OS/c1-6-16-11(2)13-7-9-14(10-8-13)19-12(3)15(18)17(4)5/h7-12,16H,6H2,1-5H3. The topological polar surface area (TPSA) is 32.3 Å². The maximum Gasteiger partial charge on any atom is 0.235 e. The Morgan fingerprint density at radius 2 is 1.84 bits per heavy atom. The van der Waals surface area contributed by atoms with Gasteiger partial charge in [-0.05, 0) is 38.1 Å². The van der Waals surface area contributed by atoms with Gasteiger partial charge in [-0.2, -0.15) is 0 Å². The van der Waals surface area contributed by atoms with Crippen molar-refractivity contribution >= 4 is 17.7 Å². The van der Waals surface area contributed by atoms with Crippen molar-refractivity contribution in [2.75, 3.05) is 20.6 Å².